The van der Waals surface area contributed by atoms with Gasteiger partial charge in [0, 0.05) is 37.8 Å². The molecule has 0 aromatic heterocycles. The Hall–Kier alpha value is -0.120. The lowest BCUT2D eigenvalue weighted by Gasteiger charge is -2.51. The first kappa shape index (κ1) is 17.9. The van der Waals surface area contributed by atoms with Crippen LogP contribution in [0.1, 0.15) is 54.9 Å². The van der Waals surface area contributed by atoms with Crippen LogP contribution in [0, 0.1) is 11.3 Å². The molecule has 0 amide bonds. The van der Waals surface area contributed by atoms with Gasteiger partial charge in [-0.25, -0.2) is 0 Å². The summed E-state index contributed by atoms with van der Waals surface area (Å²) < 4.78 is 5.79. The Morgan fingerprint density at radius 2 is 2.00 bits per heavy atom. The molecule has 1 heterocycles. The molecule has 1 aliphatic rings. The first-order chi connectivity index (χ1) is 9.19. The van der Waals surface area contributed by atoms with Crippen molar-refractivity contribution in [3.63, 3.8) is 0 Å². The van der Waals surface area contributed by atoms with E-state index in [9.17, 15) is 0 Å². The van der Waals surface area contributed by atoms with Crippen molar-refractivity contribution in [1.29, 1.82) is 0 Å². The molecule has 1 saturated heterocycles. The Kier molecular flexibility index (Phi) is 6.49. The second kappa shape index (κ2) is 7.24. The maximum Gasteiger partial charge on any atom is 0.0593 e. The minimum Gasteiger partial charge on any atom is -0.380 e. The van der Waals surface area contributed by atoms with E-state index >= 15 is 0 Å². The Morgan fingerprint density at radius 3 is 2.50 bits per heavy atom. The normalized spacial score (nSPS) is 29.1. The van der Waals surface area contributed by atoms with Crippen molar-refractivity contribution in [2.75, 3.05) is 32.8 Å². The zero-order chi connectivity index (χ0) is 15.4. The van der Waals surface area contributed by atoms with Crippen molar-refractivity contribution in [3.8, 4) is 0 Å². The zero-order valence-corrected chi connectivity index (χ0v) is 14.8. The molecule has 0 aromatic rings. The van der Waals surface area contributed by atoms with Crippen LogP contribution >= 0.6 is 0 Å². The van der Waals surface area contributed by atoms with Crippen LogP contribution in [0.15, 0.2) is 0 Å². The molecule has 0 spiro atoms. The van der Waals surface area contributed by atoms with Gasteiger partial charge >= 0.3 is 0 Å². The van der Waals surface area contributed by atoms with Gasteiger partial charge < -0.3 is 10.1 Å². The van der Waals surface area contributed by atoms with Gasteiger partial charge in [0.15, 0.2) is 0 Å². The van der Waals surface area contributed by atoms with Crippen molar-refractivity contribution in [2.45, 2.75) is 66.5 Å². The van der Waals surface area contributed by atoms with E-state index in [4.69, 9.17) is 4.74 Å². The van der Waals surface area contributed by atoms with Crippen LogP contribution in [-0.2, 0) is 4.74 Å². The molecule has 0 bridgehead atoms. The van der Waals surface area contributed by atoms with Gasteiger partial charge in [-0.15, -0.1) is 0 Å². The topological polar surface area (TPSA) is 24.5 Å². The van der Waals surface area contributed by atoms with Gasteiger partial charge in [-0.05, 0) is 24.7 Å². The fourth-order valence-electron chi connectivity index (χ4n) is 2.74. The van der Waals surface area contributed by atoms with Gasteiger partial charge in [-0.3, -0.25) is 4.90 Å². The molecule has 3 heteroatoms. The Labute approximate surface area is 126 Å². The molecule has 20 heavy (non-hydrogen) atoms. The van der Waals surface area contributed by atoms with Crippen molar-refractivity contribution in [1.82, 2.24) is 10.2 Å². The van der Waals surface area contributed by atoms with Crippen LogP contribution in [0.25, 0.3) is 0 Å². The summed E-state index contributed by atoms with van der Waals surface area (Å²) >= 11 is 0. The third kappa shape index (κ3) is 5.01. The molecule has 1 rings (SSSR count). The first-order valence-corrected chi connectivity index (χ1v) is 8.25. The highest BCUT2D eigenvalue weighted by molar-refractivity contribution is 4.98. The second-order valence-electron chi connectivity index (χ2n) is 8.06. The van der Waals surface area contributed by atoms with Gasteiger partial charge in [0.2, 0.25) is 0 Å². The molecule has 1 fully saturated rings. The second-order valence-corrected chi connectivity index (χ2v) is 8.06. The number of nitrogens with zero attached hydrogens (tertiary/aromatic N) is 1. The number of nitrogens with one attached hydrogen (secondary N) is 1. The van der Waals surface area contributed by atoms with Crippen LogP contribution in [0.3, 0.4) is 0 Å². The molecular formula is C17H36N2O. The lowest BCUT2D eigenvalue weighted by atomic mass is 9.81. The highest BCUT2D eigenvalue weighted by atomic mass is 16.5. The Morgan fingerprint density at radius 1 is 1.35 bits per heavy atom. The summed E-state index contributed by atoms with van der Waals surface area (Å²) in [6, 6.07) is 0.562. The predicted molar refractivity (Wildman–Crippen MR) is 87.2 cm³/mol. The van der Waals surface area contributed by atoms with Crippen molar-refractivity contribution < 1.29 is 4.74 Å². The summed E-state index contributed by atoms with van der Waals surface area (Å²) in [6.07, 6.45) is 1.18. The van der Waals surface area contributed by atoms with E-state index in [-0.39, 0.29) is 5.54 Å². The fraction of sp³-hybridized carbons (Fsp3) is 1.00. The fourth-order valence-corrected chi connectivity index (χ4v) is 2.74. The Bertz CT molecular complexity index is 285. The molecule has 0 aromatic carbocycles. The minimum atomic E-state index is 0.267. The van der Waals surface area contributed by atoms with Crippen LogP contribution < -0.4 is 5.32 Å². The largest absolute Gasteiger partial charge is 0.380 e. The third-order valence-electron chi connectivity index (χ3n) is 4.66. The first-order valence-electron chi connectivity index (χ1n) is 8.25. The van der Waals surface area contributed by atoms with E-state index < -0.39 is 0 Å². The van der Waals surface area contributed by atoms with E-state index in [1.807, 2.05) is 0 Å². The number of piperazine rings is 1. The number of hydrogen-bond acceptors (Lipinski definition) is 3. The van der Waals surface area contributed by atoms with E-state index in [0.29, 0.717) is 17.4 Å². The van der Waals surface area contributed by atoms with E-state index in [0.717, 1.165) is 32.8 Å². The molecule has 120 valence electrons. The van der Waals surface area contributed by atoms with Crippen molar-refractivity contribution in [3.05, 3.63) is 0 Å². The summed E-state index contributed by atoms with van der Waals surface area (Å²) in [5, 5.41) is 3.76. The summed E-state index contributed by atoms with van der Waals surface area (Å²) in [5.74, 6) is 0.623. The summed E-state index contributed by atoms with van der Waals surface area (Å²) in [4.78, 5) is 2.64. The average molecular weight is 284 g/mol. The smallest absolute Gasteiger partial charge is 0.0593 e. The maximum atomic E-state index is 5.79. The van der Waals surface area contributed by atoms with E-state index in [1.54, 1.807) is 0 Å². The highest BCUT2D eigenvalue weighted by Gasteiger charge is 2.39. The lowest BCUT2D eigenvalue weighted by Crippen LogP contribution is -2.66. The summed E-state index contributed by atoms with van der Waals surface area (Å²) in [6.45, 7) is 21.0. The molecule has 1 N–H and O–H groups in total. The van der Waals surface area contributed by atoms with Gasteiger partial charge in [-0.2, -0.15) is 0 Å². The van der Waals surface area contributed by atoms with E-state index in [1.165, 1.54) is 6.42 Å². The number of rotatable bonds is 6. The average Bonchev–Trinajstić information content (AvgIpc) is 2.34. The summed E-state index contributed by atoms with van der Waals surface area (Å²) in [5.41, 5.74) is 0.578. The quantitative estimate of drug-likeness (QED) is 0.758. The lowest BCUT2D eigenvalue weighted by molar-refractivity contribution is -0.00419. The molecule has 3 nitrogen and oxygen atoms in total. The molecule has 1 aliphatic heterocycles. The zero-order valence-electron chi connectivity index (χ0n) is 14.8. The van der Waals surface area contributed by atoms with Crippen molar-refractivity contribution in [2.24, 2.45) is 11.3 Å². The Balaban J connectivity index is 2.56. The SMILES string of the molecule is CCC1(C)CNC(C(C)(C)C)CN1CCOCC(C)C. The molecule has 0 saturated carbocycles. The molecule has 0 radical (unpaired) electrons. The summed E-state index contributed by atoms with van der Waals surface area (Å²) in [7, 11) is 0. The van der Waals surface area contributed by atoms with Gasteiger partial charge in [0.05, 0.1) is 6.61 Å². The number of hydrogen-bond donors (Lipinski definition) is 1. The maximum absolute atomic E-state index is 5.79. The third-order valence-corrected chi connectivity index (χ3v) is 4.66. The van der Waals surface area contributed by atoms with Crippen LogP contribution in [0.4, 0.5) is 0 Å². The van der Waals surface area contributed by atoms with Gasteiger partial charge in [-0.1, -0.05) is 41.5 Å². The van der Waals surface area contributed by atoms with Crippen molar-refractivity contribution >= 4 is 0 Å². The van der Waals surface area contributed by atoms with Crippen LogP contribution in [0.5, 0.6) is 0 Å². The minimum absolute atomic E-state index is 0.267. The van der Waals surface area contributed by atoms with Crippen LogP contribution in [0.2, 0.25) is 0 Å². The van der Waals surface area contributed by atoms with Crippen LogP contribution in [-0.4, -0.2) is 49.3 Å². The van der Waals surface area contributed by atoms with E-state index in [2.05, 4.69) is 58.7 Å². The monoisotopic (exact) mass is 284 g/mol. The van der Waals surface area contributed by atoms with Gasteiger partial charge in [0.25, 0.3) is 0 Å². The predicted octanol–water partition coefficient (Wildman–Crippen LogP) is 3.15. The number of ether oxygens (including phenoxy) is 1. The molecule has 0 aliphatic carbocycles. The molecule has 2 atom stereocenters. The molecular weight excluding hydrogens is 248 g/mol. The molecule has 2 unspecified atom stereocenters. The standard InChI is InChI=1S/C17H36N2O/c1-8-17(7)13-18-15(16(4,5)6)11-19(17)9-10-20-12-14(2)3/h14-15,18H,8-13H2,1-7H3. The highest BCUT2D eigenvalue weighted by Crippen LogP contribution is 2.29. The van der Waals surface area contributed by atoms with Gasteiger partial charge in [0.1, 0.15) is 0 Å².